The number of hydrogen-bond donors (Lipinski definition) is 0. The smallest absolute Gasteiger partial charge is 0.169 e. The van der Waals surface area contributed by atoms with Gasteiger partial charge in [0.1, 0.15) is 11.2 Å². The molecule has 0 saturated carbocycles. The Labute approximate surface area is 116 Å². The van der Waals surface area contributed by atoms with Crippen molar-refractivity contribution in [3.63, 3.8) is 0 Å². The summed E-state index contributed by atoms with van der Waals surface area (Å²) in [5.41, 5.74) is 2.69. The molecule has 0 fully saturated rings. The van der Waals surface area contributed by atoms with E-state index >= 15 is 0 Å². The Morgan fingerprint density at radius 2 is 1.95 bits per heavy atom. The number of thiophene rings is 1. The Hall–Kier alpha value is -2.12. The van der Waals surface area contributed by atoms with Crippen molar-refractivity contribution in [2.75, 3.05) is 0 Å². The molecule has 92 valence electrons. The third-order valence-corrected chi connectivity index (χ3v) is 4.35. The average molecular weight is 285 g/mol. The van der Waals surface area contributed by atoms with Crippen molar-refractivity contribution in [3.05, 3.63) is 41.8 Å². The molecule has 1 aromatic carbocycles. The van der Waals surface area contributed by atoms with Gasteiger partial charge in [-0.15, -0.1) is 21.5 Å². The molecular formula is C12H7N5S2. The van der Waals surface area contributed by atoms with E-state index in [0.717, 1.165) is 26.6 Å². The van der Waals surface area contributed by atoms with E-state index in [1.54, 1.807) is 16.0 Å². The van der Waals surface area contributed by atoms with Gasteiger partial charge in [0.05, 0.1) is 10.4 Å². The third kappa shape index (κ3) is 1.66. The third-order valence-electron chi connectivity index (χ3n) is 2.77. The van der Waals surface area contributed by atoms with Gasteiger partial charge in [0.25, 0.3) is 0 Å². The molecule has 19 heavy (non-hydrogen) atoms. The number of para-hydroxylation sites is 1. The lowest BCUT2D eigenvalue weighted by atomic mass is 10.3. The average Bonchev–Trinajstić information content (AvgIpc) is 3.17. The number of benzene rings is 1. The van der Waals surface area contributed by atoms with Gasteiger partial charge in [-0.1, -0.05) is 27.9 Å². The van der Waals surface area contributed by atoms with Crippen molar-refractivity contribution in [2.45, 2.75) is 0 Å². The van der Waals surface area contributed by atoms with Gasteiger partial charge < -0.3 is 0 Å². The second-order valence-corrected chi connectivity index (χ2v) is 5.57. The molecule has 7 heteroatoms. The first kappa shape index (κ1) is 10.8. The van der Waals surface area contributed by atoms with E-state index in [1.165, 1.54) is 11.5 Å². The van der Waals surface area contributed by atoms with Crippen LogP contribution >= 0.6 is 22.9 Å². The molecule has 0 aliphatic carbocycles. The minimum Gasteiger partial charge on any atom is -0.199 e. The molecule has 0 saturated heterocycles. The zero-order valence-corrected chi connectivity index (χ0v) is 11.2. The van der Waals surface area contributed by atoms with Crippen molar-refractivity contribution in [1.82, 2.24) is 24.6 Å². The Bertz CT molecular complexity index is 831. The van der Waals surface area contributed by atoms with E-state index in [2.05, 4.69) is 19.9 Å². The quantitative estimate of drug-likeness (QED) is 0.568. The van der Waals surface area contributed by atoms with Crippen LogP contribution in [0.5, 0.6) is 0 Å². The van der Waals surface area contributed by atoms with Gasteiger partial charge in [-0.25, -0.2) is 0 Å². The molecule has 0 aliphatic heterocycles. The summed E-state index contributed by atoms with van der Waals surface area (Å²) in [5, 5.41) is 15.5. The highest BCUT2D eigenvalue weighted by Crippen LogP contribution is 2.31. The predicted octanol–water partition coefficient (Wildman–Crippen LogP) is 3.00. The van der Waals surface area contributed by atoms with Gasteiger partial charge in [-0.3, -0.25) is 0 Å². The van der Waals surface area contributed by atoms with E-state index < -0.39 is 0 Å². The maximum atomic E-state index is 4.21. The Morgan fingerprint density at radius 3 is 2.84 bits per heavy atom. The Morgan fingerprint density at radius 1 is 1.00 bits per heavy atom. The molecule has 4 aromatic rings. The maximum absolute atomic E-state index is 4.21. The Balaban J connectivity index is 1.96. The van der Waals surface area contributed by atoms with E-state index in [4.69, 9.17) is 0 Å². The number of hydrogen-bond acceptors (Lipinski definition) is 6. The second-order valence-electron chi connectivity index (χ2n) is 3.89. The van der Waals surface area contributed by atoms with Gasteiger partial charge in [-0.2, -0.15) is 4.68 Å². The van der Waals surface area contributed by atoms with Crippen LogP contribution in [0.1, 0.15) is 0 Å². The summed E-state index contributed by atoms with van der Waals surface area (Å²) >= 11 is 2.97. The fourth-order valence-electron chi connectivity index (χ4n) is 1.91. The van der Waals surface area contributed by atoms with Crippen LogP contribution in [-0.2, 0) is 0 Å². The van der Waals surface area contributed by atoms with Gasteiger partial charge in [-0.05, 0) is 23.6 Å². The zero-order valence-electron chi connectivity index (χ0n) is 9.59. The second kappa shape index (κ2) is 4.22. The van der Waals surface area contributed by atoms with Crippen molar-refractivity contribution in [3.8, 4) is 15.6 Å². The Kier molecular flexibility index (Phi) is 2.39. The first-order valence-electron chi connectivity index (χ1n) is 5.60. The summed E-state index contributed by atoms with van der Waals surface area (Å²) in [7, 11) is 0. The topological polar surface area (TPSA) is 56.5 Å². The molecule has 0 amide bonds. The fraction of sp³-hybridized carbons (Fsp3) is 0. The minimum absolute atomic E-state index is 0.857. The van der Waals surface area contributed by atoms with Crippen LogP contribution in [0.15, 0.2) is 41.8 Å². The molecule has 0 radical (unpaired) electrons. The number of aromatic nitrogens is 5. The molecule has 4 rings (SSSR count). The number of fused-ring (bicyclic) bond motifs is 1. The minimum atomic E-state index is 0.857. The first-order chi connectivity index (χ1) is 9.43. The summed E-state index contributed by atoms with van der Waals surface area (Å²) in [6.07, 6.45) is 0. The molecule has 0 spiro atoms. The maximum Gasteiger partial charge on any atom is 0.169 e. The van der Waals surface area contributed by atoms with Gasteiger partial charge >= 0.3 is 0 Å². The molecule has 5 nitrogen and oxygen atoms in total. The van der Waals surface area contributed by atoms with Gasteiger partial charge in [0.15, 0.2) is 5.00 Å². The van der Waals surface area contributed by atoms with Crippen LogP contribution in [-0.4, -0.2) is 24.6 Å². The highest BCUT2D eigenvalue weighted by atomic mass is 32.1. The lowest BCUT2D eigenvalue weighted by Crippen LogP contribution is -1.95. The number of rotatable bonds is 2. The fourth-order valence-corrected chi connectivity index (χ4v) is 3.34. The molecule has 0 N–H and O–H groups in total. The van der Waals surface area contributed by atoms with Crippen molar-refractivity contribution < 1.29 is 0 Å². The standard InChI is InChI=1S/C12H7N5S2/c1-2-5-9-8(4-1)13-15-17(9)12-11(14-16-19-12)10-6-3-7-18-10/h1-7H. The number of nitrogens with zero attached hydrogens (tertiary/aromatic N) is 5. The summed E-state index contributed by atoms with van der Waals surface area (Å²) in [4.78, 5) is 1.09. The molecule has 0 bridgehead atoms. The highest BCUT2D eigenvalue weighted by molar-refractivity contribution is 7.14. The largest absolute Gasteiger partial charge is 0.199 e. The summed E-state index contributed by atoms with van der Waals surface area (Å²) in [6, 6.07) is 11.9. The van der Waals surface area contributed by atoms with E-state index in [1.807, 2.05) is 41.8 Å². The van der Waals surface area contributed by atoms with Crippen LogP contribution in [0.25, 0.3) is 26.6 Å². The molecule has 3 heterocycles. The van der Waals surface area contributed by atoms with Crippen LogP contribution in [0, 0.1) is 0 Å². The summed E-state index contributed by atoms with van der Waals surface area (Å²) < 4.78 is 5.85. The lowest BCUT2D eigenvalue weighted by Gasteiger charge is -1.99. The zero-order chi connectivity index (χ0) is 12.7. The first-order valence-corrected chi connectivity index (χ1v) is 7.26. The SMILES string of the molecule is c1csc(-c2nnsc2-n2nnc3ccccc32)c1. The lowest BCUT2D eigenvalue weighted by molar-refractivity contribution is 0.835. The monoisotopic (exact) mass is 285 g/mol. The van der Waals surface area contributed by atoms with Crippen molar-refractivity contribution >= 4 is 33.9 Å². The van der Waals surface area contributed by atoms with Gasteiger partial charge in [0.2, 0.25) is 0 Å². The van der Waals surface area contributed by atoms with E-state index in [9.17, 15) is 0 Å². The molecule has 0 aliphatic rings. The molecule has 3 aromatic heterocycles. The normalized spacial score (nSPS) is 11.2. The van der Waals surface area contributed by atoms with E-state index in [0.29, 0.717) is 0 Å². The van der Waals surface area contributed by atoms with Crippen LogP contribution in [0.3, 0.4) is 0 Å². The predicted molar refractivity (Wildman–Crippen MR) is 75.6 cm³/mol. The van der Waals surface area contributed by atoms with Gasteiger partial charge in [0, 0.05) is 11.5 Å². The molecule has 0 unspecified atom stereocenters. The molecular weight excluding hydrogens is 278 g/mol. The summed E-state index contributed by atoms with van der Waals surface area (Å²) in [6.45, 7) is 0. The van der Waals surface area contributed by atoms with E-state index in [-0.39, 0.29) is 0 Å². The highest BCUT2D eigenvalue weighted by Gasteiger charge is 2.16. The van der Waals surface area contributed by atoms with Crippen molar-refractivity contribution in [2.24, 2.45) is 0 Å². The summed E-state index contributed by atoms with van der Waals surface area (Å²) in [5.74, 6) is 0. The van der Waals surface area contributed by atoms with Crippen LogP contribution in [0.2, 0.25) is 0 Å². The van der Waals surface area contributed by atoms with Crippen LogP contribution in [0.4, 0.5) is 0 Å². The molecule has 0 atom stereocenters. The van der Waals surface area contributed by atoms with Crippen molar-refractivity contribution in [1.29, 1.82) is 0 Å². The van der Waals surface area contributed by atoms with Crippen LogP contribution < -0.4 is 0 Å².